The molecule has 2 N–H and O–H groups in total. The number of hydrogen-bond acceptors (Lipinski definition) is 4. The minimum absolute atomic E-state index is 0. The standard InChI is InChI=1S/C13H16N2O3.ClH/c16-13(15-10-3-4-14-7-10)6-9-1-2-11-12(5-9)18-8-17-11;/h1-2,5,10,14H,3-4,6-8H2,(H,15,16);1H. The maximum atomic E-state index is 11.9. The van der Waals surface area contributed by atoms with Crippen LogP contribution in [0, 0.1) is 0 Å². The van der Waals surface area contributed by atoms with E-state index in [1.807, 2.05) is 18.2 Å². The molecule has 1 unspecified atom stereocenters. The summed E-state index contributed by atoms with van der Waals surface area (Å²) in [6.45, 7) is 2.11. The lowest BCUT2D eigenvalue weighted by Gasteiger charge is -2.11. The van der Waals surface area contributed by atoms with Crippen LogP contribution in [0.1, 0.15) is 12.0 Å². The van der Waals surface area contributed by atoms with Gasteiger partial charge in [-0.2, -0.15) is 0 Å². The molecule has 19 heavy (non-hydrogen) atoms. The van der Waals surface area contributed by atoms with Gasteiger partial charge in [-0.3, -0.25) is 4.79 Å². The predicted molar refractivity (Wildman–Crippen MR) is 72.9 cm³/mol. The average Bonchev–Trinajstić information content (AvgIpc) is 2.98. The quantitative estimate of drug-likeness (QED) is 0.864. The summed E-state index contributed by atoms with van der Waals surface area (Å²) in [6.07, 6.45) is 1.39. The van der Waals surface area contributed by atoms with Crippen LogP contribution in [0.15, 0.2) is 18.2 Å². The molecular weight excluding hydrogens is 268 g/mol. The minimum atomic E-state index is 0. The second kappa shape index (κ2) is 6.12. The third-order valence-corrected chi connectivity index (χ3v) is 3.23. The highest BCUT2D eigenvalue weighted by Crippen LogP contribution is 2.32. The van der Waals surface area contributed by atoms with Crippen molar-refractivity contribution in [3.8, 4) is 11.5 Å². The normalized spacial score (nSPS) is 19.9. The van der Waals surface area contributed by atoms with Crippen molar-refractivity contribution in [2.75, 3.05) is 19.9 Å². The van der Waals surface area contributed by atoms with Crippen LogP contribution in [0.5, 0.6) is 11.5 Å². The molecular formula is C13H17ClN2O3. The van der Waals surface area contributed by atoms with E-state index in [1.54, 1.807) is 0 Å². The van der Waals surface area contributed by atoms with Gasteiger partial charge in [0, 0.05) is 12.6 Å². The molecule has 2 aliphatic heterocycles. The topological polar surface area (TPSA) is 59.6 Å². The van der Waals surface area contributed by atoms with Crippen LogP contribution in [0.2, 0.25) is 0 Å². The van der Waals surface area contributed by atoms with E-state index in [4.69, 9.17) is 9.47 Å². The number of fused-ring (bicyclic) bond motifs is 1. The van der Waals surface area contributed by atoms with Crippen molar-refractivity contribution in [1.82, 2.24) is 10.6 Å². The zero-order valence-electron chi connectivity index (χ0n) is 10.5. The molecule has 1 aromatic rings. The first-order valence-corrected chi connectivity index (χ1v) is 6.20. The van der Waals surface area contributed by atoms with Gasteiger partial charge in [-0.25, -0.2) is 0 Å². The van der Waals surface area contributed by atoms with E-state index >= 15 is 0 Å². The van der Waals surface area contributed by atoms with Crippen molar-refractivity contribution in [1.29, 1.82) is 0 Å². The summed E-state index contributed by atoms with van der Waals surface area (Å²) in [5.74, 6) is 1.53. The van der Waals surface area contributed by atoms with Gasteiger partial charge in [-0.1, -0.05) is 6.07 Å². The van der Waals surface area contributed by atoms with Crippen molar-refractivity contribution < 1.29 is 14.3 Å². The average molecular weight is 285 g/mol. The molecule has 5 nitrogen and oxygen atoms in total. The number of carbonyl (C=O) groups excluding carboxylic acids is 1. The molecule has 0 aromatic heterocycles. The molecule has 1 fully saturated rings. The largest absolute Gasteiger partial charge is 0.454 e. The van der Waals surface area contributed by atoms with Gasteiger partial charge in [-0.05, 0) is 30.7 Å². The summed E-state index contributed by atoms with van der Waals surface area (Å²) in [7, 11) is 0. The summed E-state index contributed by atoms with van der Waals surface area (Å²) in [5.41, 5.74) is 0.947. The summed E-state index contributed by atoms with van der Waals surface area (Å²) < 4.78 is 10.5. The Morgan fingerprint density at radius 3 is 3.00 bits per heavy atom. The van der Waals surface area contributed by atoms with Crippen LogP contribution in [-0.4, -0.2) is 31.8 Å². The van der Waals surface area contributed by atoms with E-state index in [0.717, 1.165) is 36.6 Å². The number of amides is 1. The molecule has 2 aliphatic rings. The van der Waals surface area contributed by atoms with E-state index in [1.165, 1.54) is 0 Å². The second-order valence-electron chi connectivity index (χ2n) is 4.62. The van der Waals surface area contributed by atoms with Crippen molar-refractivity contribution >= 4 is 18.3 Å². The Hall–Kier alpha value is -1.46. The van der Waals surface area contributed by atoms with Crippen LogP contribution in [0.25, 0.3) is 0 Å². The first kappa shape index (κ1) is 14.0. The fourth-order valence-corrected chi connectivity index (χ4v) is 2.29. The molecule has 1 aromatic carbocycles. The summed E-state index contributed by atoms with van der Waals surface area (Å²) in [4.78, 5) is 11.9. The van der Waals surface area contributed by atoms with Crippen LogP contribution >= 0.6 is 12.4 Å². The van der Waals surface area contributed by atoms with E-state index < -0.39 is 0 Å². The molecule has 0 saturated carbocycles. The molecule has 0 spiro atoms. The molecule has 1 atom stereocenters. The Balaban J connectivity index is 0.00000133. The van der Waals surface area contributed by atoms with Crippen molar-refractivity contribution in [2.45, 2.75) is 18.9 Å². The molecule has 0 radical (unpaired) electrons. The molecule has 1 amide bonds. The number of halogens is 1. The molecule has 1 saturated heterocycles. The van der Waals surface area contributed by atoms with Crippen molar-refractivity contribution in [3.05, 3.63) is 23.8 Å². The highest BCUT2D eigenvalue weighted by molar-refractivity contribution is 5.85. The lowest BCUT2D eigenvalue weighted by molar-refractivity contribution is -0.121. The van der Waals surface area contributed by atoms with Gasteiger partial charge < -0.3 is 20.1 Å². The summed E-state index contributed by atoms with van der Waals surface area (Å²) in [6, 6.07) is 5.89. The monoisotopic (exact) mass is 284 g/mol. The van der Waals surface area contributed by atoms with Gasteiger partial charge >= 0.3 is 0 Å². The van der Waals surface area contributed by atoms with Gasteiger partial charge in [0.1, 0.15) is 0 Å². The molecule has 3 rings (SSSR count). The maximum absolute atomic E-state index is 11.9. The Labute approximate surface area is 118 Å². The third-order valence-electron chi connectivity index (χ3n) is 3.23. The lowest BCUT2D eigenvalue weighted by atomic mass is 10.1. The molecule has 104 valence electrons. The molecule has 2 heterocycles. The number of hydrogen-bond donors (Lipinski definition) is 2. The van der Waals surface area contributed by atoms with E-state index in [-0.39, 0.29) is 31.1 Å². The zero-order valence-corrected chi connectivity index (χ0v) is 11.3. The van der Waals surface area contributed by atoms with E-state index in [0.29, 0.717) is 6.42 Å². The smallest absolute Gasteiger partial charge is 0.231 e. The van der Waals surface area contributed by atoms with Crippen LogP contribution in [0.4, 0.5) is 0 Å². The number of ether oxygens (including phenoxy) is 2. The highest BCUT2D eigenvalue weighted by Gasteiger charge is 2.18. The van der Waals surface area contributed by atoms with Crippen LogP contribution < -0.4 is 20.1 Å². The van der Waals surface area contributed by atoms with Crippen LogP contribution in [0.3, 0.4) is 0 Å². The molecule has 0 aliphatic carbocycles. The summed E-state index contributed by atoms with van der Waals surface area (Å²) in [5, 5.41) is 6.25. The fraction of sp³-hybridized carbons (Fsp3) is 0.462. The van der Waals surface area contributed by atoms with E-state index in [9.17, 15) is 4.79 Å². The second-order valence-corrected chi connectivity index (χ2v) is 4.62. The molecule has 6 heteroatoms. The first-order chi connectivity index (χ1) is 8.81. The Bertz CT molecular complexity index is 461. The van der Waals surface area contributed by atoms with Gasteiger partial charge in [0.25, 0.3) is 0 Å². The first-order valence-electron chi connectivity index (χ1n) is 6.20. The van der Waals surface area contributed by atoms with Gasteiger partial charge in [0.15, 0.2) is 11.5 Å². The molecule has 0 bridgehead atoms. The van der Waals surface area contributed by atoms with Crippen molar-refractivity contribution in [2.24, 2.45) is 0 Å². The Morgan fingerprint density at radius 2 is 2.21 bits per heavy atom. The van der Waals surface area contributed by atoms with Gasteiger partial charge in [0.05, 0.1) is 6.42 Å². The van der Waals surface area contributed by atoms with Gasteiger partial charge in [0.2, 0.25) is 12.7 Å². The van der Waals surface area contributed by atoms with Crippen molar-refractivity contribution in [3.63, 3.8) is 0 Å². The third kappa shape index (κ3) is 3.30. The van der Waals surface area contributed by atoms with E-state index in [2.05, 4.69) is 10.6 Å². The Kier molecular flexibility index (Phi) is 4.50. The number of nitrogens with one attached hydrogen (secondary N) is 2. The fourth-order valence-electron chi connectivity index (χ4n) is 2.29. The Morgan fingerprint density at radius 1 is 1.37 bits per heavy atom. The zero-order chi connectivity index (χ0) is 12.4. The number of carbonyl (C=O) groups is 1. The number of rotatable bonds is 3. The lowest BCUT2D eigenvalue weighted by Crippen LogP contribution is -2.37. The summed E-state index contributed by atoms with van der Waals surface area (Å²) >= 11 is 0. The van der Waals surface area contributed by atoms with Crippen LogP contribution in [-0.2, 0) is 11.2 Å². The van der Waals surface area contributed by atoms with Gasteiger partial charge in [-0.15, -0.1) is 12.4 Å². The predicted octanol–water partition coefficient (Wildman–Crippen LogP) is 0.858. The highest BCUT2D eigenvalue weighted by atomic mass is 35.5. The number of benzene rings is 1. The minimum Gasteiger partial charge on any atom is -0.454 e. The SMILES string of the molecule is Cl.O=C(Cc1ccc2c(c1)OCO2)NC1CCNC1. The maximum Gasteiger partial charge on any atom is 0.231 e.